The Bertz CT molecular complexity index is 1010. The highest BCUT2D eigenvalue weighted by molar-refractivity contribution is 9.10. The Kier molecular flexibility index (Phi) is 3.92. The lowest BCUT2D eigenvalue weighted by molar-refractivity contribution is 0.102. The molecule has 4 nitrogen and oxygen atoms in total. The summed E-state index contributed by atoms with van der Waals surface area (Å²) in [6, 6.07) is 17.0. The second kappa shape index (κ2) is 6.22. The Morgan fingerprint density at radius 1 is 1.12 bits per heavy atom. The normalized spacial score (nSPS) is 10.9. The molecule has 1 amide bonds. The fraction of sp³-hybridized carbons (Fsp3) is 0. The Morgan fingerprint density at radius 2 is 1.92 bits per heavy atom. The molecule has 2 aromatic heterocycles. The molecular weight excluding hydrogens is 388 g/mol. The average molecular weight is 399 g/mol. The molecule has 24 heavy (non-hydrogen) atoms. The van der Waals surface area contributed by atoms with Gasteiger partial charge in [-0.15, -0.1) is 11.3 Å². The molecule has 0 bridgehead atoms. The van der Waals surface area contributed by atoms with Gasteiger partial charge in [-0.05, 0) is 40.2 Å². The summed E-state index contributed by atoms with van der Waals surface area (Å²) in [5.74, 6) is 0.488. The molecule has 0 fully saturated rings. The number of hydrogen-bond acceptors (Lipinski definition) is 4. The van der Waals surface area contributed by atoms with Crippen molar-refractivity contribution < 1.29 is 9.21 Å². The van der Waals surface area contributed by atoms with Crippen LogP contribution in [0.5, 0.6) is 0 Å². The molecule has 0 saturated heterocycles. The topological polar surface area (TPSA) is 55.1 Å². The van der Waals surface area contributed by atoms with Gasteiger partial charge in [0.05, 0.1) is 5.56 Å². The van der Waals surface area contributed by atoms with Gasteiger partial charge >= 0.3 is 0 Å². The molecule has 0 spiro atoms. The first-order valence-electron chi connectivity index (χ1n) is 7.21. The summed E-state index contributed by atoms with van der Waals surface area (Å²) in [6.45, 7) is 0. The minimum atomic E-state index is -0.201. The highest BCUT2D eigenvalue weighted by Gasteiger charge is 2.14. The largest absolute Gasteiger partial charge is 0.454 e. The number of benzene rings is 2. The molecule has 2 heterocycles. The molecule has 1 N–H and O–H groups in total. The van der Waals surface area contributed by atoms with Crippen LogP contribution < -0.4 is 5.32 Å². The smallest absolute Gasteiger partial charge is 0.258 e. The molecule has 2 aromatic carbocycles. The maximum atomic E-state index is 12.3. The summed E-state index contributed by atoms with van der Waals surface area (Å²) in [5.41, 5.74) is 2.09. The highest BCUT2D eigenvalue weighted by Crippen LogP contribution is 2.30. The van der Waals surface area contributed by atoms with E-state index in [1.165, 1.54) is 11.3 Å². The predicted molar refractivity (Wildman–Crippen MR) is 99.4 cm³/mol. The van der Waals surface area contributed by atoms with Gasteiger partial charge in [-0.25, -0.2) is 4.98 Å². The van der Waals surface area contributed by atoms with Crippen LogP contribution in [-0.2, 0) is 0 Å². The zero-order chi connectivity index (χ0) is 16.5. The number of rotatable bonds is 3. The van der Waals surface area contributed by atoms with Gasteiger partial charge in [0.2, 0.25) is 0 Å². The minimum Gasteiger partial charge on any atom is -0.454 e. The molecule has 118 valence electrons. The summed E-state index contributed by atoms with van der Waals surface area (Å²) in [6.07, 6.45) is 0. The van der Waals surface area contributed by atoms with Gasteiger partial charge in [-0.2, -0.15) is 0 Å². The Balaban J connectivity index is 1.58. The minimum absolute atomic E-state index is 0.201. The lowest BCUT2D eigenvalue weighted by atomic mass is 10.2. The number of anilines is 1. The van der Waals surface area contributed by atoms with Crippen LogP contribution in [0.3, 0.4) is 0 Å². The van der Waals surface area contributed by atoms with Crippen LogP contribution in [0.2, 0.25) is 0 Å². The molecule has 0 aliphatic heterocycles. The lowest BCUT2D eigenvalue weighted by Gasteiger charge is -2.03. The van der Waals surface area contributed by atoms with Crippen molar-refractivity contribution in [3.05, 3.63) is 70.0 Å². The van der Waals surface area contributed by atoms with Crippen LogP contribution in [0.15, 0.2) is 68.9 Å². The number of carbonyl (C=O) groups excluding carboxylic acids is 1. The first-order chi connectivity index (χ1) is 11.7. The molecular formula is C18H11BrN2O2S. The molecule has 4 aromatic rings. The van der Waals surface area contributed by atoms with E-state index in [4.69, 9.17) is 4.42 Å². The molecule has 0 aliphatic rings. The van der Waals surface area contributed by atoms with Gasteiger partial charge in [0, 0.05) is 15.2 Å². The van der Waals surface area contributed by atoms with Crippen LogP contribution in [0.1, 0.15) is 10.4 Å². The van der Waals surface area contributed by atoms with Crippen molar-refractivity contribution in [1.29, 1.82) is 0 Å². The van der Waals surface area contributed by atoms with Crippen LogP contribution >= 0.6 is 27.3 Å². The van der Waals surface area contributed by atoms with E-state index in [0.717, 1.165) is 15.4 Å². The first kappa shape index (κ1) is 15.1. The lowest BCUT2D eigenvalue weighted by Crippen LogP contribution is -2.12. The van der Waals surface area contributed by atoms with Gasteiger partial charge in [0.15, 0.2) is 10.9 Å². The molecule has 0 saturated carbocycles. The van der Waals surface area contributed by atoms with Crippen molar-refractivity contribution in [1.82, 2.24) is 4.98 Å². The molecule has 0 radical (unpaired) electrons. The second-order valence-corrected chi connectivity index (χ2v) is 6.83. The van der Waals surface area contributed by atoms with Gasteiger partial charge in [0.25, 0.3) is 5.91 Å². The van der Waals surface area contributed by atoms with E-state index in [1.54, 1.807) is 6.07 Å². The fourth-order valence-corrected chi connectivity index (χ4v) is 3.52. The van der Waals surface area contributed by atoms with E-state index in [-0.39, 0.29) is 5.91 Å². The van der Waals surface area contributed by atoms with Crippen molar-refractivity contribution in [2.75, 3.05) is 5.32 Å². The van der Waals surface area contributed by atoms with E-state index in [0.29, 0.717) is 22.1 Å². The Morgan fingerprint density at radius 3 is 2.75 bits per heavy atom. The summed E-state index contributed by atoms with van der Waals surface area (Å²) in [7, 11) is 0. The van der Waals surface area contributed by atoms with Crippen molar-refractivity contribution in [3.63, 3.8) is 0 Å². The van der Waals surface area contributed by atoms with Crippen molar-refractivity contribution in [2.24, 2.45) is 0 Å². The molecule has 4 rings (SSSR count). The number of fused-ring (bicyclic) bond motifs is 1. The van der Waals surface area contributed by atoms with Gasteiger partial charge < -0.3 is 4.42 Å². The maximum absolute atomic E-state index is 12.3. The molecule has 0 aliphatic carbocycles. The van der Waals surface area contributed by atoms with Crippen molar-refractivity contribution in [3.8, 4) is 11.5 Å². The van der Waals surface area contributed by atoms with E-state index in [1.807, 2.05) is 53.9 Å². The number of hydrogen-bond donors (Lipinski definition) is 1. The molecule has 0 unspecified atom stereocenters. The summed E-state index contributed by atoms with van der Waals surface area (Å²) >= 11 is 4.74. The van der Waals surface area contributed by atoms with Crippen LogP contribution in [0.4, 0.5) is 5.13 Å². The zero-order valence-corrected chi connectivity index (χ0v) is 14.7. The molecule has 0 atom stereocenters. The third-order valence-corrected chi connectivity index (χ3v) is 4.97. The summed E-state index contributed by atoms with van der Waals surface area (Å²) in [5, 5.41) is 6.25. The zero-order valence-electron chi connectivity index (χ0n) is 12.3. The van der Waals surface area contributed by atoms with Gasteiger partial charge in [-0.3, -0.25) is 10.1 Å². The highest BCUT2D eigenvalue weighted by atomic mass is 79.9. The summed E-state index contributed by atoms with van der Waals surface area (Å²) < 4.78 is 6.55. The van der Waals surface area contributed by atoms with E-state index in [2.05, 4.69) is 26.2 Å². The number of nitrogens with one attached hydrogen (secondary N) is 1. The SMILES string of the molecule is O=C(Nc1nc(-c2cc3ccccc3o2)cs1)c1ccccc1Br. The number of thiazole rings is 1. The van der Waals surface area contributed by atoms with Crippen molar-refractivity contribution >= 4 is 49.3 Å². The number of halogens is 1. The van der Waals surface area contributed by atoms with Gasteiger partial charge in [0.1, 0.15) is 11.3 Å². The second-order valence-electron chi connectivity index (χ2n) is 5.12. The Labute approximate surface area is 150 Å². The monoisotopic (exact) mass is 398 g/mol. The maximum Gasteiger partial charge on any atom is 0.258 e. The van der Waals surface area contributed by atoms with E-state index in [9.17, 15) is 4.79 Å². The third-order valence-electron chi connectivity index (χ3n) is 3.52. The predicted octanol–water partition coefficient (Wildman–Crippen LogP) is 5.57. The van der Waals surface area contributed by atoms with Gasteiger partial charge in [-0.1, -0.05) is 30.3 Å². The number of carbonyl (C=O) groups is 1. The number of amides is 1. The quantitative estimate of drug-likeness (QED) is 0.490. The first-order valence-corrected chi connectivity index (χ1v) is 8.88. The number of aromatic nitrogens is 1. The third kappa shape index (κ3) is 2.86. The Hall–Kier alpha value is -2.44. The van der Waals surface area contributed by atoms with Crippen LogP contribution in [0, 0.1) is 0 Å². The van der Waals surface area contributed by atoms with Crippen LogP contribution in [0.25, 0.3) is 22.4 Å². The van der Waals surface area contributed by atoms with Crippen LogP contribution in [-0.4, -0.2) is 10.9 Å². The average Bonchev–Trinajstić information content (AvgIpc) is 3.21. The summed E-state index contributed by atoms with van der Waals surface area (Å²) in [4.78, 5) is 16.8. The number of nitrogens with zero attached hydrogens (tertiary/aromatic N) is 1. The molecule has 6 heteroatoms. The van der Waals surface area contributed by atoms with Crippen molar-refractivity contribution in [2.45, 2.75) is 0 Å². The fourth-order valence-electron chi connectivity index (χ4n) is 2.36. The number of para-hydroxylation sites is 1. The number of furan rings is 1. The standard InChI is InChI=1S/C18H11BrN2O2S/c19-13-7-3-2-6-12(13)17(22)21-18-20-14(10-24-18)16-9-11-5-1-4-8-15(11)23-16/h1-10H,(H,20,21,22). The van der Waals surface area contributed by atoms with E-state index < -0.39 is 0 Å². The van der Waals surface area contributed by atoms with E-state index >= 15 is 0 Å².